The third-order valence-electron chi connectivity index (χ3n) is 14.4. The Labute approximate surface area is 318 Å². The monoisotopic (exact) mass is 699 g/mol. The van der Waals surface area contributed by atoms with Crippen molar-refractivity contribution in [2.45, 2.75) is 82.5 Å². The van der Waals surface area contributed by atoms with E-state index >= 15 is 0 Å². The number of nitrogens with zero attached hydrogens (tertiary/aromatic N) is 1. The summed E-state index contributed by atoms with van der Waals surface area (Å²) >= 11 is 0. The van der Waals surface area contributed by atoms with Crippen LogP contribution in [0.25, 0.3) is 50.9 Å². The van der Waals surface area contributed by atoms with E-state index in [-0.39, 0.29) is 10.8 Å². The molecule has 0 spiro atoms. The molecule has 264 valence electrons. The lowest BCUT2D eigenvalue weighted by atomic mass is 9.67. The molecule has 7 aliphatic rings. The molecule has 0 fully saturated rings. The lowest BCUT2D eigenvalue weighted by molar-refractivity contribution is 0.505. The Kier molecular flexibility index (Phi) is 6.26. The van der Waals surface area contributed by atoms with Gasteiger partial charge in [0, 0.05) is 61.5 Å². The molecule has 7 aliphatic carbocycles. The second-order valence-corrected chi connectivity index (χ2v) is 17.5. The zero-order valence-electron chi connectivity index (χ0n) is 31.5. The maximum Gasteiger partial charge on any atom is 0.139 e. The second-order valence-electron chi connectivity index (χ2n) is 17.5. The van der Waals surface area contributed by atoms with Crippen LogP contribution < -0.4 is 0 Å². The molecule has 54 heavy (non-hydrogen) atoms. The highest BCUT2D eigenvalue weighted by Crippen LogP contribution is 2.60. The highest BCUT2D eigenvalue weighted by molar-refractivity contribution is 6.01. The molecule has 0 radical (unpaired) electrons. The maximum absolute atomic E-state index is 6.74. The van der Waals surface area contributed by atoms with Gasteiger partial charge in [0.15, 0.2) is 0 Å². The molecule has 12 rings (SSSR count). The van der Waals surface area contributed by atoms with Gasteiger partial charge in [0.25, 0.3) is 0 Å². The van der Waals surface area contributed by atoms with E-state index in [9.17, 15) is 0 Å². The third kappa shape index (κ3) is 4.01. The van der Waals surface area contributed by atoms with Crippen molar-refractivity contribution in [1.82, 2.24) is 4.57 Å². The first-order chi connectivity index (χ1) is 26.4. The number of fused-ring (bicyclic) bond motifs is 15. The molecular formula is C52H45NO. The molecule has 2 aromatic heterocycles. The van der Waals surface area contributed by atoms with Crippen molar-refractivity contribution < 1.29 is 4.42 Å². The molecule has 0 saturated heterocycles. The topological polar surface area (TPSA) is 18.1 Å². The van der Waals surface area contributed by atoms with Gasteiger partial charge in [-0.1, -0.05) is 118 Å². The molecule has 2 nitrogen and oxygen atoms in total. The van der Waals surface area contributed by atoms with E-state index in [1.165, 1.54) is 83.3 Å². The van der Waals surface area contributed by atoms with Gasteiger partial charge in [-0.05, 0) is 114 Å². The standard InChI is InChI=1S/C52H45NO/c1-51(2)44-24-23-41-40-17-9-11-19-47(40)54-50(41)49(44)52(3)27-26-33(30-48(51)52)53-45-18-10-8-16-39(45)43-29-32(21-25-46(43)53)31-20-22-38-36-14-5-4-12-34(36)35-13-6-7-15-37(35)42(38)28-31/h4,6-8,10-13,15-16,18-20,22-24,26,28-30,35,37H,5,9,14,17,21,25,27H2,1-3H3. The molecule has 0 amide bonds. The van der Waals surface area contributed by atoms with Crippen molar-refractivity contribution in [1.29, 1.82) is 0 Å². The zero-order valence-corrected chi connectivity index (χ0v) is 31.5. The van der Waals surface area contributed by atoms with Gasteiger partial charge in [-0.2, -0.15) is 0 Å². The lowest BCUT2D eigenvalue weighted by Gasteiger charge is -2.36. The van der Waals surface area contributed by atoms with Gasteiger partial charge >= 0.3 is 0 Å². The maximum atomic E-state index is 6.74. The van der Waals surface area contributed by atoms with E-state index in [0.717, 1.165) is 56.3 Å². The number of benzene rings is 3. The summed E-state index contributed by atoms with van der Waals surface area (Å²) in [6.45, 7) is 7.33. The van der Waals surface area contributed by atoms with Gasteiger partial charge in [-0.15, -0.1) is 0 Å². The van der Waals surface area contributed by atoms with Crippen LogP contribution in [0.3, 0.4) is 0 Å². The summed E-state index contributed by atoms with van der Waals surface area (Å²) in [7, 11) is 0. The first-order valence-electron chi connectivity index (χ1n) is 20.3. The van der Waals surface area contributed by atoms with Gasteiger partial charge < -0.3 is 8.98 Å². The smallest absolute Gasteiger partial charge is 0.139 e. The highest BCUT2D eigenvalue weighted by atomic mass is 16.3. The Morgan fingerprint density at radius 2 is 1.65 bits per heavy atom. The third-order valence-corrected chi connectivity index (χ3v) is 14.4. The van der Waals surface area contributed by atoms with Crippen LogP contribution >= 0.6 is 0 Å². The molecule has 0 bridgehead atoms. The van der Waals surface area contributed by atoms with Crippen LogP contribution in [0.4, 0.5) is 0 Å². The Balaban J connectivity index is 0.967. The second kappa shape index (κ2) is 10.9. The first kappa shape index (κ1) is 31.1. The fraction of sp³-hybridized carbons (Fsp3) is 0.269. The van der Waals surface area contributed by atoms with Gasteiger partial charge in [-0.3, -0.25) is 0 Å². The van der Waals surface area contributed by atoms with Crippen molar-refractivity contribution in [3.05, 3.63) is 171 Å². The average Bonchev–Trinajstić information content (AvgIpc) is 3.81. The van der Waals surface area contributed by atoms with E-state index < -0.39 is 0 Å². The number of hydrogen-bond donors (Lipinski definition) is 0. The number of hydrogen-bond acceptors (Lipinski definition) is 1. The minimum absolute atomic E-state index is 0.101. The van der Waals surface area contributed by atoms with Crippen molar-refractivity contribution in [3.63, 3.8) is 0 Å². The normalized spacial score (nSPS) is 25.4. The van der Waals surface area contributed by atoms with E-state index in [0.29, 0.717) is 11.8 Å². The molecule has 3 atom stereocenters. The van der Waals surface area contributed by atoms with Crippen LogP contribution in [-0.2, 0) is 23.7 Å². The number of aromatic nitrogens is 1. The summed E-state index contributed by atoms with van der Waals surface area (Å²) < 4.78 is 9.35. The number of allylic oxidation sites excluding steroid dienone is 14. The van der Waals surface area contributed by atoms with E-state index in [1.54, 1.807) is 5.57 Å². The van der Waals surface area contributed by atoms with Crippen molar-refractivity contribution >= 4 is 50.9 Å². The van der Waals surface area contributed by atoms with E-state index in [4.69, 9.17) is 4.42 Å². The highest BCUT2D eigenvalue weighted by Gasteiger charge is 2.52. The van der Waals surface area contributed by atoms with Crippen LogP contribution in [0, 0.1) is 5.92 Å². The van der Waals surface area contributed by atoms with Gasteiger partial charge in [0.05, 0.1) is 5.52 Å². The summed E-state index contributed by atoms with van der Waals surface area (Å²) in [4.78, 5) is 0. The Bertz CT molecular complexity index is 2790. The molecule has 3 unspecified atom stereocenters. The fourth-order valence-corrected chi connectivity index (χ4v) is 11.8. The average molecular weight is 700 g/mol. The Morgan fingerprint density at radius 1 is 0.796 bits per heavy atom. The first-order valence-corrected chi connectivity index (χ1v) is 20.3. The Morgan fingerprint density at radius 3 is 2.57 bits per heavy atom. The van der Waals surface area contributed by atoms with Crippen molar-refractivity contribution in [2.24, 2.45) is 5.92 Å². The molecule has 2 heterocycles. The fourth-order valence-electron chi connectivity index (χ4n) is 11.8. The SMILES string of the molecule is CC1(C)C2=CC(n3c4c(c5ccccc53)C=C(c3ccc5c(c3)C3C=CC=CC3C3=C5CCC=C3)CC4)=CCC2(C)c2c1ccc1c3c(oc21)C=CCC3. The van der Waals surface area contributed by atoms with Crippen LogP contribution in [0.5, 0.6) is 0 Å². The predicted octanol–water partition coefficient (Wildman–Crippen LogP) is 13.2. The molecule has 0 N–H and O–H groups in total. The molecule has 0 saturated carbocycles. The Hall–Kier alpha value is -5.34. The molecule has 3 aromatic carbocycles. The molecular weight excluding hydrogens is 655 g/mol. The lowest BCUT2D eigenvalue weighted by Crippen LogP contribution is -2.28. The van der Waals surface area contributed by atoms with Gasteiger partial charge in [0.1, 0.15) is 11.3 Å². The van der Waals surface area contributed by atoms with E-state index in [2.05, 4.69) is 147 Å². The zero-order chi connectivity index (χ0) is 35.9. The summed E-state index contributed by atoms with van der Waals surface area (Å²) in [6, 6.07) is 21.3. The summed E-state index contributed by atoms with van der Waals surface area (Å²) in [6.07, 6.45) is 33.7. The number of rotatable bonds is 2. The summed E-state index contributed by atoms with van der Waals surface area (Å²) in [5.41, 5.74) is 21.0. The number of para-hydroxylation sites is 1. The minimum atomic E-state index is -0.110. The van der Waals surface area contributed by atoms with E-state index in [1.807, 2.05) is 0 Å². The summed E-state index contributed by atoms with van der Waals surface area (Å²) in [5.74, 6) is 1.91. The quantitative estimate of drug-likeness (QED) is 0.179. The van der Waals surface area contributed by atoms with Crippen LogP contribution in [0.2, 0.25) is 0 Å². The number of furan rings is 1. The van der Waals surface area contributed by atoms with Gasteiger partial charge in [0.2, 0.25) is 0 Å². The molecule has 5 aromatic rings. The number of aryl methyl sites for hydroxylation is 1. The predicted molar refractivity (Wildman–Crippen MR) is 225 cm³/mol. The largest absolute Gasteiger partial charge is 0.456 e. The van der Waals surface area contributed by atoms with Crippen LogP contribution in [-0.4, -0.2) is 4.57 Å². The molecule has 2 heteroatoms. The van der Waals surface area contributed by atoms with Gasteiger partial charge in [-0.25, -0.2) is 0 Å². The van der Waals surface area contributed by atoms with Crippen molar-refractivity contribution in [3.8, 4) is 0 Å². The van der Waals surface area contributed by atoms with Crippen LogP contribution in [0.15, 0.2) is 125 Å². The van der Waals surface area contributed by atoms with Crippen LogP contribution in [0.1, 0.15) is 109 Å². The summed E-state index contributed by atoms with van der Waals surface area (Å²) in [5, 5.41) is 2.66. The molecule has 0 aliphatic heterocycles. The minimum Gasteiger partial charge on any atom is -0.456 e. The van der Waals surface area contributed by atoms with Crippen molar-refractivity contribution in [2.75, 3.05) is 0 Å².